The molecule has 0 fully saturated rings. The highest BCUT2D eigenvalue weighted by atomic mass is 79.9. The molecule has 1 heterocycles. The predicted octanol–water partition coefficient (Wildman–Crippen LogP) is 1.05. The van der Waals surface area contributed by atoms with Crippen LogP contribution in [0.1, 0.15) is 12.8 Å². The maximum atomic E-state index is 10.7. The average Bonchev–Trinajstić information content (AvgIpc) is 2.35. The zero-order chi connectivity index (χ0) is 8.27. The Morgan fingerprint density at radius 1 is 2.00 bits per heavy atom. The molecule has 1 unspecified atom stereocenters. The molecule has 0 radical (unpaired) electrons. The van der Waals surface area contributed by atoms with E-state index in [0.29, 0.717) is 6.42 Å². The number of methoxy groups -OCH3 is 1. The molecule has 11 heavy (non-hydrogen) atoms. The molecule has 1 atom stereocenters. The summed E-state index contributed by atoms with van der Waals surface area (Å²) in [4.78, 5) is 15.6. The number of halogens is 1. The first-order valence-corrected chi connectivity index (χ1v) is 3.96. The Morgan fingerprint density at radius 3 is 3.18 bits per heavy atom. The zero-order valence-corrected chi connectivity index (χ0v) is 7.63. The van der Waals surface area contributed by atoms with E-state index in [0.717, 1.165) is 4.62 Å². The van der Waals surface area contributed by atoms with Gasteiger partial charge in [0, 0.05) is 6.42 Å². The fourth-order valence-electron chi connectivity index (χ4n) is 0.773. The molecule has 4 nitrogen and oxygen atoms in total. The van der Waals surface area contributed by atoms with E-state index < -0.39 is 0 Å². The maximum Gasteiger partial charge on any atom is 0.309 e. The maximum absolute atomic E-state index is 10.7. The van der Waals surface area contributed by atoms with E-state index in [-0.39, 0.29) is 18.5 Å². The highest BCUT2D eigenvalue weighted by Gasteiger charge is 2.22. The van der Waals surface area contributed by atoms with Crippen LogP contribution in [0.2, 0.25) is 0 Å². The Morgan fingerprint density at radius 2 is 2.73 bits per heavy atom. The van der Waals surface area contributed by atoms with Crippen LogP contribution >= 0.6 is 15.9 Å². The normalized spacial score (nSPS) is 22.4. The van der Waals surface area contributed by atoms with Crippen molar-refractivity contribution < 1.29 is 14.4 Å². The van der Waals surface area contributed by atoms with Crippen LogP contribution in [0.5, 0.6) is 0 Å². The van der Waals surface area contributed by atoms with Crippen molar-refractivity contribution >= 4 is 26.5 Å². The zero-order valence-electron chi connectivity index (χ0n) is 6.04. The summed E-state index contributed by atoms with van der Waals surface area (Å²) in [5.74, 6) is -0.271. The summed E-state index contributed by atoms with van der Waals surface area (Å²) in [6.45, 7) is 0. The molecule has 0 N–H and O–H groups in total. The van der Waals surface area contributed by atoms with Gasteiger partial charge in [0.05, 0.1) is 13.5 Å². The van der Waals surface area contributed by atoms with Crippen LogP contribution in [-0.2, 0) is 14.4 Å². The van der Waals surface area contributed by atoms with Crippen LogP contribution in [0.15, 0.2) is 5.16 Å². The van der Waals surface area contributed by atoms with Crippen LogP contribution in [0, 0.1) is 0 Å². The smallest absolute Gasteiger partial charge is 0.309 e. The predicted molar refractivity (Wildman–Crippen MR) is 42.5 cm³/mol. The molecule has 0 saturated heterocycles. The lowest BCUT2D eigenvalue weighted by Gasteiger charge is -2.04. The van der Waals surface area contributed by atoms with Gasteiger partial charge in [-0.2, -0.15) is 0 Å². The number of nitrogens with zero attached hydrogens (tertiary/aromatic N) is 1. The van der Waals surface area contributed by atoms with Crippen molar-refractivity contribution in [3.63, 3.8) is 0 Å². The third kappa shape index (κ3) is 2.49. The van der Waals surface area contributed by atoms with Crippen LogP contribution < -0.4 is 0 Å². The minimum Gasteiger partial charge on any atom is -0.469 e. The SMILES string of the molecule is COC(=O)CC1CC(Br)=NO1. The molecule has 0 bridgehead atoms. The van der Waals surface area contributed by atoms with Gasteiger partial charge in [-0.3, -0.25) is 4.79 Å². The average molecular weight is 222 g/mol. The molecule has 0 aromatic rings. The van der Waals surface area contributed by atoms with Crippen molar-refractivity contribution in [2.45, 2.75) is 18.9 Å². The van der Waals surface area contributed by atoms with Crippen LogP contribution in [0.3, 0.4) is 0 Å². The first kappa shape index (κ1) is 8.52. The summed E-state index contributed by atoms with van der Waals surface area (Å²) in [6.07, 6.45) is 0.751. The van der Waals surface area contributed by atoms with E-state index in [9.17, 15) is 4.79 Å². The molecular formula is C6H8BrNO3. The van der Waals surface area contributed by atoms with Crippen LogP contribution in [-0.4, -0.2) is 23.8 Å². The van der Waals surface area contributed by atoms with E-state index >= 15 is 0 Å². The number of oxime groups is 1. The number of esters is 1. The second-order valence-corrected chi connectivity index (χ2v) is 3.09. The molecule has 5 heteroatoms. The van der Waals surface area contributed by atoms with E-state index in [1.165, 1.54) is 7.11 Å². The summed E-state index contributed by atoms with van der Waals surface area (Å²) in [5, 5.41) is 3.63. The van der Waals surface area contributed by atoms with Crippen molar-refractivity contribution in [2.24, 2.45) is 5.16 Å². The second kappa shape index (κ2) is 3.71. The lowest BCUT2D eigenvalue weighted by Crippen LogP contribution is -2.14. The molecule has 0 spiro atoms. The summed E-state index contributed by atoms with van der Waals surface area (Å²) in [7, 11) is 1.35. The quantitative estimate of drug-likeness (QED) is 0.656. The van der Waals surface area contributed by atoms with Crippen LogP contribution in [0.4, 0.5) is 0 Å². The fraction of sp³-hybridized carbons (Fsp3) is 0.667. The van der Waals surface area contributed by atoms with Crippen molar-refractivity contribution in [3.8, 4) is 0 Å². The topological polar surface area (TPSA) is 47.9 Å². The molecule has 1 aliphatic heterocycles. The Bertz CT molecular complexity index is 192. The van der Waals surface area contributed by atoms with Gasteiger partial charge >= 0.3 is 5.97 Å². The van der Waals surface area contributed by atoms with Gasteiger partial charge in [-0.25, -0.2) is 0 Å². The highest BCUT2D eigenvalue weighted by Crippen LogP contribution is 2.16. The Hall–Kier alpha value is -0.580. The first-order valence-electron chi connectivity index (χ1n) is 3.17. The molecule has 1 aliphatic rings. The molecule has 62 valence electrons. The number of carbonyl (C=O) groups excluding carboxylic acids is 1. The van der Waals surface area contributed by atoms with Crippen LogP contribution in [0.25, 0.3) is 0 Å². The van der Waals surface area contributed by atoms with Gasteiger partial charge in [0.15, 0.2) is 0 Å². The summed E-state index contributed by atoms with van der Waals surface area (Å²) in [5.41, 5.74) is 0. The number of carbonyl (C=O) groups is 1. The third-order valence-corrected chi connectivity index (χ3v) is 1.79. The summed E-state index contributed by atoms with van der Waals surface area (Å²) >= 11 is 3.16. The minimum absolute atomic E-state index is 0.156. The second-order valence-electron chi connectivity index (χ2n) is 2.18. The standard InChI is InChI=1S/C6H8BrNO3/c1-10-6(9)3-4-2-5(7)8-11-4/h4H,2-3H2,1H3. The molecule has 0 aromatic heterocycles. The molecule has 1 rings (SSSR count). The summed E-state index contributed by atoms with van der Waals surface area (Å²) in [6, 6.07) is 0. The molecular weight excluding hydrogens is 214 g/mol. The van der Waals surface area contributed by atoms with Gasteiger partial charge in [-0.05, 0) is 15.9 Å². The van der Waals surface area contributed by atoms with Crippen molar-refractivity contribution in [2.75, 3.05) is 7.11 Å². The van der Waals surface area contributed by atoms with Crippen molar-refractivity contribution in [1.82, 2.24) is 0 Å². The molecule has 0 saturated carbocycles. The first-order chi connectivity index (χ1) is 5.22. The van der Waals surface area contributed by atoms with Gasteiger partial charge in [0.1, 0.15) is 10.7 Å². The monoisotopic (exact) mass is 221 g/mol. The Balaban J connectivity index is 2.26. The van der Waals surface area contributed by atoms with E-state index in [1.807, 2.05) is 0 Å². The van der Waals surface area contributed by atoms with Gasteiger partial charge < -0.3 is 9.57 Å². The fourth-order valence-corrected chi connectivity index (χ4v) is 1.22. The Kier molecular flexibility index (Phi) is 2.87. The van der Waals surface area contributed by atoms with Gasteiger partial charge in [0.2, 0.25) is 0 Å². The number of ether oxygens (including phenoxy) is 1. The number of rotatable bonds is 2. The molecule has 0 aliphatic carbocycles. The van der Waals surface area contributed by atoms with Crippen molar-refractivity contribution in [1.29, 1.82) is 0 Å². The molecule has 0 amide bonds. The lowest BCUT2D eigenvalue weighted by molar-refractivity contribution is -0.143. The van der Waals surface area contributed by atoms with E-state index in [1.54, 1.807) is 0 Å². The largest absolute Gasteiger partial charge is 0.469 e. The highest BCUT2D eigenvalue weighted by molar-refractivity contribution is 9.18. The summed E-state index contributed by atoms with van der Waals surface area (Å²) < 4.78 is 5.20. The number of hydrogen-bond acceptors (Lipinski definition) is 4. The van der Waals surface area contributed by atoms with Gasteiger partial charge in [-0.15, -0.1) is 0 Å². The minimum atomic E-state index is -0.271. The lowest BCUT2D eigenvalue weighted by atomic mass is 10.2. The van der Waals surface area contributed by atoms with E-state index in [2.05, 4.69) is 25.8 Å². The third-order valence-electron chi connectivity index (χ3n) is 1.32. The molecule has 0 aromatic carbocycles. The van der Waals surface area contributed by atoms with Gasteiger partial charge in [-0.1, -0.05) is 5.16 Å². The van der Waals surface area contributed by atoms with Gasteiger partial charge in [0.25, 0.3) is 0 Å². The van der Waals surface area contributed by atoms with Crippen molar-refractivity contribution in [3.05, 3.63) is 0 Å². The van der Waals surface area contributed by atoms with E-state index in [4.69, 9.17) is 4.84 Å². The Labute approximate surface area is 72.7 Å². The number of hydrogen-bond donors (Lipinski definition) is 0.